The van der Waals surface area contributed by atoms with E-state index < -0.39 is 11.3 Å². The molecule has 2 N–H and O–H groups in total. The Hall–Kier alpha value is -2.80. The van der Waals surface area contributed by atoms with Gasteiger partial charge in [-0.25, -0.2) is 9.69 Å². The number of hydrogen-bond acceptors (Lipinski definition) is 5. The van der Waals surface area contributed by atoms with Crippen LogP contribution in [0.15, 0.2) is 42.5 Å². The van der Waals surface area contributed by atoms with Gasteiger partial charge in [-0.3, -0.25) is 9.59 Å². The third kappa shape index (κ3) is 3.36. The minimum absolute atomic E-state index is 0.156. The first-order valence-corrected chi connectivity index (χ1v) is 8.46. The molecule has 1 unspecified atom stereocenters. The first-order valence-electron chi connectivity index (χ1n) is 7.58. The van der Waals surface area contributed by atoms with Crippen molar-refractivity contribution in [3.05, 3.63) is 59.2 Å². The highest BCUT2D eigenvalue weighted by Gasteiger charge is 2.40. The molecular weight excluding hydrogens is 340 g/mol. The number of nitrogens with one attached hydrogen (secondary N) is 1. The minimum Gasteiger partial charge on any atom is -0.478 e. The van der Waals surface area contributed by atoms with Crippen molar-refractivity contribution >= 4 is 40.3 Å². The number of anilines is 2. The average molecular weight is 356 g/mol. The summed E-state index contributed by atoms with van der Waals surface area (Å²) in [6, 6.07) is 11.5. The molecule has 6 nitrogen and oxygen atoms in total. The first kappa shape index (κ1) is 17.0. The van der Waals surface area contributed by atoms with Crippen molar-refractivity contribution < 1.29 is 19.5 Å². The summed E-state index contributed by atoms with van der Waals surface area (Å²) in [5, 5.41) is 10.8. The molecule has 1 aliphatic rings. The van der Waals surface area contributed by atoms with Crippen molar-refractivity contribution in [2.75, 3.05) is 10.2 Å². The van der Waals surface area contributed by atoms with Gasteiger partial charge in [0.05, 0.1) is 11.3 Å². The van der Waals surface area contributed by atoms with E-state index in [4.69, 9.17) is 5.11 Å². The standard InChI is InChI=1S/C18H16N2O4S/c1-10-3-8-14(9-11(10)2)20-16(21)15(25-18(20)24)19-13-6-4-12(5-7-13)17(22)23/h3-9,15,19H,1-2H3,(H,22,23). The van der Waals surface area contributed by atoms with Crippen LogP contribution in [0.4, 0.5) is 16.2 Å². The monoisotopic (exact) mass is 356 g/mol. The predicted octanol–water partition coefficient (Wildman–Crippen LogP) is 3.64. The lowest BCUT2D eigenvalue weighted by Crippen LogP contribution is -2.34. The number of carboxylic acid groups (broad SMARTS) is 1. The Morgan fingerprint density at radius 2 is 1.76 bits per heavy atom. The van der Waals surface area contributed by atoms with Gasteiger partial charge in [-0.15, -0.1) is 0 Å². The Kier molecular flexibility index (Phi) is 4.50. The number of aromatic carboxylic acids is 1. The molecule has 0 radical (unpaired) electrons. The smallest absolute Gasteiger partial charge is 0.335 e. The van der Waals surface area contributed by atoms with Crippen LogP contribution >= 0.6 is 11.8 Å². The molecule has 0 bridgehead atoms. The summed E-state index contributed by atoms with van der Waals surface area (Å²) in [6.07, 6.45) is 0. The SMILES string of the molecule is Cc1ccc(N2C(=O)SC(Nc3ccc(C(=O)O)cc3)C2=O)cc1C. The Balaban J connectivity index is 1.78. The predicted molar refractivity (Wildman–Crippen MR) is 97.2 cm³/mol. The Morgan fingerprint density at radius 3 is 2.36 bits per heavy atom. The number of imide groups is 1. The van der Waals surface area contributed by atoms with E-state index in [1.54, 1.807) is 18.2 Å². The Bertz CT molecular complexity index is 864. The van der Waals surface area contributed by atoms with Crippen molar-refractivity contribution in [2.24, 2.45) is 0 Å². The van der Waals surface area contributed by atoms with Crippen LogP contribution in [-0.4, -0.2) is 27.6 Å². The van der Waals surface area contributed by atoms with Gasteiger partial charge in [-0.2, -0.15) is 0 Å². The maximum Gasteiger partial charge on any atom is 0.335 e. The zero-order valence-electron chi connectivity index (χ0n) is 13.6. The molecule has 2 amide bonds. The molecule has 1 aliphatic heterocycles. The summed E-state index contributed by atoms with van der Waals surface area (Å²) in [5.41, 5.74) is 3.37. The van der Waals surface area contributed by atoms with E-state index in [0.29, 0.717) is 11.4 Å². The lowest BCUT2D eigenvalue weighted by atomic mass is 10.1. The van der Waals surface area contributed by atoms with Crippen molar-refractivity contribution in [3.8, 4) is 0 Å². The Morgan fingerprint density at radius 1 is 1.08 bits per heavy atom. The lowest BCUT2D eigenvalue weighted by molar-refractivity contribution is -0.116. The molecule has 2 aromatic carbocycles. The number of aryl methyl sites for hydroxylation is 2. The summed E-state index contributed by atoms with van der Waals surface area (Å²) in [4.78, 5) is 36.9. The number of hydrogen-bond donors (Lipinski definition) is 2. The molecule has 1 fully saturated rings. The molecule has 0 spiro atoms. The second-order valence-electron chi connectivity index (χ2n) is 5.73. The van der Waals surface area contributed by atoms with E-state index in [0.717, 1.165) is 22.9 Å². The van der Waals surface area contributed by atoms with Crippen molar-refractivity contribution in [1.29, 1.82) is 0 Å². The van der Waals surface area contributed by atoms with Gasteiger partial charge in [0.15, 0.2) is 5.37 Å². The molecule has 2 aromatic rings. The van der Waals surface area contributed by atoms with E-state index in [9.17, 15) is 14.4 Å². The third-order valence-electron chi connectivity index (χ3n) is 4.02. The molecule has 7 heteroatoms. The number of nitrogens with zero attached hydrogens (tertiary/aromatic N) is 1. The fraction of sp³-hybridized carbons (Fsp3) is 0.167. The van der Waals surface area contributed by atoms with Crippen molar-refractivity contribution in [3.63, 3.8) is 0 Å². The molecular formula is C18H16N2O4S. The van der Waals surface area contributed by atoms with Crippen LogP contribution in [0.2, 0.25) is 0 Å². The summed E-state index contributed by atoms with van der Waals surface area (Å²) in [7, 11) is 0. The van der Waals surface area contributed by atoms with Gasteiger partial charge < -0.3 is 10.4 Å². The van der Waals surface area contributed by atoms with Gasteiger partial charge in [0.25, 0.3) is 11.1 Å². The first-order chi connectivity index (χ1) is 11.9. The number of thioether (sulfide) groups is 1. The van der Waals surface area contributed by atoms with E-state index in [1.165, 1.54) is 17.0 Å². The van der Waals surface area contributed by atoms with Gasteiger partial charge in [-0.05, 0) is 73.1 Å². The van der Waals surface area contributed by atoms with Crippen LogP contribution in [0.1, 0.15) is 21.5 Å². The van der Waals surface area contributed by atoms with Crippen molar-refractivity contribution in [1.82, 2.24) is 0 Å². The van der Waals surface area contributed by atoms with Crippen LogP contribution in [0.25, 0.3) is 0 Å². The second-order valence-corrected chi connectivity index (χ2v) is 6.79. The summed E-state index contributed by atoms with van der Waals surface area (Å²) >= 11 is 0.902. The zero-order chi connectivity index (χ0) is 18.1. The summed E-state index contributed by atoms with van der Waals surface area (Å²) in [6.45, 7) is 3.89. The van der Waals surface area contributed by atoms with Gasteiger partial charge in [0.2, 0.25) is 0 Å². The van der Waals surface area contributed by atoms with E-state index >= 15 is 0 Å². The normalized spacial score (nSPS) is 17.0. The third-order valence-corrected chi connectivity index (χ3v) is 4.96. The molecule has 1 atom stereocenters. The zero-order valence-corrected chi connectivity index (χ0v) is 14.5. The Labute approximate surface area is 148 Å². The number of carbonyl (C=O) groups is 3. The van der Waals surface area contributed by atoms with E-state index in [2.05, 4.69) is 5.32 Å². The highest BCUT2D eigenvalue weighted by molar-refractivity contribution is 8.16. The highest BCUT2D eigenvalue weighted by atomic mass is 32.2. The largest absolute Gasteiger partial charge is 0.478 e. The molecule has 1 heterocycles. The average Bonchev–Trinajstić information content (AvgIpc) is 2.85. The quantitative estimate of drug-likeness (QED) is 0.870. The van der Waals surface area contributed by atoms with Crippen LogP contribution in [-0.2, 0) is 4.79 Å². The topological polar surface area (TPSA) is 86.7 Å². The van der Waals surface area contributed by atoms with Crippen LogP contribution < -0.4 is 10.2 Å². The van der Waals surface area contributed by atoms with Gasteiger partial charge in [0, 0.05) is 5.69 Å². The number of rotatable bonds is 4. The molecule has 0 aromatic heterocycles. The van der Waals surface area contributed by atoms with Crippen LogP contribution in [0.3, 0.4) is 0 Å². The van der Waals surface area contributed by atoms with E-state index in [1.807, 2.05) is 26.0 Å². The van der Waals surface area contributed by atoms with Crippen LogP contribution in [0, 0.1) is 13.8 Å². The van der Waals surface area contributed by atoms with Gasteiger partial charge in [0.1, 0.15) is 0 Å². The highest BCUT2D eigenvalue weighted by Crippen LogP contribution is 2.33. The fourth-order valence-corrected chi connectivity index (χ4v) is 3.36. The fourth-order valence-electron chi connectivity index (χ4n) is 2.46. The molecule has 0 saturated carbocycles. The maximum absolute atomic E-state index is 12.6. The molecule has 0 aliphatic carbocycles. The van der Waals surface area contributed by atoms with E-state index in [-0.39, 0.29) is 16.7 Å². The number of amides is 2. The lowest BCUT2D eigenvalue weighted by Gasteiger charge is -2.16. The minimum atomic E-state index is -1.02. The summed E-state index contributed by atoms with van der Waals surface area (Å²) < 4.78 is 0. The van der Waals surface area contributed by atoms with Crippen LogP contribution in [0.5, 0.6) is 0 Å². The molecule has 128 valence electrons. The number of carboxylic acids is 1. The molecule has 1 saturated heterocycles. The number of benzene rings is 2. The van der Waals surface area contributed by atoms with Gasteiger partial charge >= 0.3 is 5.97 Å². The van der Waals surface area contributed by atoms with Gasteiger partial charge in [-0.1, -0.05) is 6.07 Å². The maximum atomic E-state index is 12.6. The second kappa shape index (κ2) is 6.60. The molecule has 25 heavy (non-hydrogen) atoms. The number of carbonyl (C=O) groups excluding carboxylic acids is 2. The van der Waals surface area contributed by atoms with Crippen molar-refractivity contribution in [2.45, 2.75) is 19.2 Å². The molecule has 3 rings (SSSR count). The summed E-state index contributed by atoms with van der Waals surface area (Å²) in [5.74, 6) is -1.37.